The van der Waals surface area contributed by atoms with E-state index in [9.17, 15) is 26.4 Å². The monoisotopic (exact) mass is 421 g/mol. The average molecular weight is 421 g/mol. The van der Waals surface area contributed by atoms with Gasteiger partial charge in [0.25, 0.3) is 5.91 Å². The largest absolute Gasteiger partial charge is 0.322 e. The number of ketones is 1. The molecule has 0 radical (unpaired) electrons. The van der Waals surface area contributed by atoms with Crippen LogP contribution >= 0.6 is 0 Å². The van der Waals surface area contributed by atoms with Gasteiger partial charge in [-0.25, -0.2) is 16.8 Å². The Morgan fingerprint density at radius 1 is 0.964 bits per heavy atom. The van der Waals surface area contributed by atoms with Crippen LogP contribution < -0.4 is 5.32 Å². The Hall–Kier alpha value is -2.52. The molecule has 9 heteroatoms. The second kappa shape index (κ2) is 7.48. The first-order valence-corrected chi connectivity index (χ1v) is 11.9. The maximum atomic E-state index is 12.6. The molecule has 3 rings (SSSR count). The summed E-state index contributed by atoms with van der Waals surface area (Å²) in [6, 6.07) is 11.8. The topological polar surface area (TPSA) is 114 Å². The fourth-order valence-corrected chi connectivity index (χ4v) is 7.35. The lowest BCUT2D eigenvalue weighted by atomic mass is 10.1. The lowest BCUT2D eigenvalue weighted by Crippen LogP contribution is -2.22. The molecule has 1 atom stereocenters. The Morgan fingerprint density at radius 3 is 2.04 bits per heavy atom. The van der Waals surface area contributed by atoms with Crippen molar-refractivity contribution in [1.29, 1.82) is 0 Å². The van der Waals surface area contributed by atoms with Crippen molar-refractivity contribution in [2.45, 2.75) is 23.5 Å². The molecule has 28 heavy (non-hydrogen) atoms. The van der Waals surface area contributed by atoms with E-state index < -0.39 is 30.8 Å². The fourth-order valence-electron chi connectivity index (χ4n) is 2.99. The first-order chi connectivity index (χ1) is 13.1. The molecule has 0 saturated carbocycles. The molecule has 1 unspecified atom stereocenters. The van der Waals surface area contributed by atoms with E-state index in [-0.39, 0.29) is 34.2 Å². The molecule has 0 aliphatic carbocycles. The summed E-state index contributed by atoms with van der Waals surface area (Å²) in [7, 11) is -7.08. The Morgan fingerprint density at radius 2 is 1.54 bits per heavy atom. The Kier molecular flexibility index (Phi) is 5.40. The standard InChI is InChI=1S/C19H19NO6S2/c1-13(21)14-2-6-16(7-3-14)20-19(22)15-4-8-17(9-5-15)28(25,26)18-10-11-27(23,24)12-18/h2-9,18H,10-12H2,1H3,(H,20,22). The number of rotatable bonds is 5. The van der Waals surface area contributed by atoms with Gasteiger partial charge in [0.15, 0.2) is 25.5 Å². The Bertz CT molecular complexity index is 1120. The van der Waals surface area contributed by atoms with Crippen molar-refractivity contribution >= 4 is 37.1 Å². The molecule has 1 amide bonds. The zero-order valence-electron chi connectivity index (χ0n) is 15.1. The van der Waals surface area contributed by atoms with E-state index in [1.807, 2.05) is 0 Å². The van der Waals surface area contributed by atoms with Crippen molar-refractivity contribution in [3.63, 3.8) is 0 Å². The lowest BCUT2D eigenvalue weighted by molar-refractivity contribution is 0.101. The number of Topliss-reactive ketones (excluding diaryl/α,β-unsaturated/α-hetero) is 1. The predicted molar refractivity (Wildman–Crippen MR) is 105 cm³/mol. The first-order valence-electron chi connectivity index (χ1n) is 8.55. The second-order valence-corrected chi connectivity index (χ2v) is 11.1. The normalized spacial score (nSPS) is 18.5. The second-order valence-electron chi connectivity index (χ2n) is 6.68. The summed E-state index contributed by atoms with van der Waals surface area (Å²) in [5.41, 5.74) is 1.29. The molecule has 0 bridgehead atoms. The van der Waals surface area contributed by atoms with E-state index in [1.165, 1.54) is 31.2 Å². The molecule has 1 saturated heterocycles. The minimum absolute atomic E-state index is 0.00281. The summed E-state index contributed by atoms with van der Waals surface area (Å²) < 4.78 is 48.3. The summed E-state index contributed by atoms with van der Waals surface area (Å²) in [6.07, 6.45) is 0.0865. The maximum Gasteiger partial charge on any atom is 0.255 e. The van der Waals surface area contributed by atoms with E-state index >= 15 is 0 Å². The van der Waals surface area contributed by atoms with Gasteiger partial charge in [0, 0.05) is 16.8 Å². The number of hydrogen-bond acceptors (Lipinski definition) is 6. The van der Waals surface area contributed by atoms with Gasteiger partial charge in [0.05, 0.1) is 21.7 Å². The first kappa shape index (κ1) is 20.2. The number of amides is 1. The Balaban J connectivity index is 1.73. The van der Waals surface area contributed by atoms with E-state index in [2.05, 4.69) is 5.32 Å². The molecule has 1 aliphatic heterocycles. The van der Waals surface area contributed by atoms with Gasteiger partial charge >= 0.3 is 0 Å². The smallest absolute Gasteiger partial charge is 0.255 e. The van der Waals surface area contributed by atoms with E-state index in [1.54, 1.807) is 24.3 Å². The summed E-state index contributed by atoms with van der Waals surface area (Å²) in [5.74, 6) is -0.999. The van der Waals surface area contributed by atoms with Gasteiger partial charge in [-0.2, -0.15) is 0 Å². The number of sulfone groups is 2. The molecular formula is C19H19NO6S2. The summed E-state index contributed by atoms with van der Waals surface area (Å²) in [5, 5.41) is 1.72. The zero-order chi connectivity index (χ0) is 20.5. The van der Waals surface area contributed by atoms with Crippen LogP contribution in [0.15, 0.2) is 53.4 Å². The highest BCUT2D eigenvalue weighted by Crippen LogP contribution is 2.25. The van der Waals surface area contributed by atoms with Crippen LogP contribution in [0.5, 0.6) is 0 Å². The van der Waals surface area contributed by atoms with Crippen LogP contribution in [-0.2, 0) is 19.7 Å². The van der Waals surface area contributed by atoms with Crippen molar-refractivity contribution in [2.75, 3.05) is 16.8 Å². The highest BCUT2D eigenvalue weighted by Gasteiger charge is 2.37. The fraction of sp³-hybridized carbons (Fsp3) is 0.263. The summed E-state index contributed by atoms with van der Waals surface area (Å²) in [4.78, 5) is 23.6. The van der Waals surface area contributed by atoms with Crippen molar-refractivity contribution in [2.24, 2.45) is 0 Å². The predicted octanol–water partition coefficient (Wildman–Crippen LogP) is 2.10. The zero-order valence-corrected chi connectivity index (χ0v) is 16.7. The van der Waals surface area contributed by atoms with Crippen LogP contribution in [0, 0.1) is 0 Å². The maximum absolute atomic E-state index is 12.6. The molecule has 0 aromatic heterocycles. The Labute approximate surface area is 163 Å². The van der Waals surface area contributed by atoms with Crippen molar-refractivity contribution < 1.29 is 26.4 Å². The highest BCUT2D eigenvalue weighted by molar-refractivity contribution is 7.96. The molecular weight excluding hydrogens is 402 g/mol. The SMILES string of the molecule is CC(=O)c1ccc(NC(=O)c2ccc(S(=O)(=O)C3CCS(=O)(=O)C3)cc2)cc1. The van der Waals surface area contributed by atoms with Crippen LogP contribution in [0.2, 0.25) is 0 Å². The molecule has 1 aliphatic rings. The number of carbonyl (C=O) groups excluding carboxylic acids is 2. The third kappa shape index (κ3) is 4.31. The van der Waals surface area contributed by atoms with Gasteiger partial charge in [-0.3, -0.25) is 9.59 Å². The number of benzene rings is 2. The van der Waals surface area contributed by atoms with Gasteiger partial charge in [-0.05, 0) is 61.9 Å². The molecule has 7 nitrogen and oxygen atoms in total. The van der Waals surface area contributed by atoms with E-state index in [0.717, 1.165) is 0 Å². The summed E-state index contributed by atoms with van der Waals surface area (Å²) in [6.45, 7) is 1.45. The van der Waals surface area contributed by atoms with Gasteiger partial charge in [-0.1, -0.05) is 0 Å². The number of hydrogen-bond donors (Lipinski definition) is 1. The van der Waals surface area contributed by atoms with Crippen LogP contribution in [0.1, 0.15) is 34.1 Å². The molecule has 2 aromatic carbocycles. The minimum Gasteiger partial charge on any atom is -0.322 e. The minimum atomic E-state index is -3.77. The highest BCUT2D eigenvalue weighted by atomic mass is 32.2. The molecule has 148 valence electrons. The number of nitrogens with one attached hydrogen (secondary N) is 1. The lowest BCUT2D eigenvalue weighted by Gasteiger charge is -2.11. The molecule has 1 fully saturated rings. The van der Waals surface area contributed by atoms with Crippen LogP contribution in [-0.4, -0.2) is 45.3 Å². The van der Waals surface area contributed by atoms with E-state index in [4.69, 9.17) is 0 Å². The number of anilines is 1. The number of carbonyl (C=O) groups is 2. The molecule has 0 spiro atoms. The molecule has 2 aromatic rings. The summed E-state index contributed by atoms with van der Waals surface area (Å²) >= 11 is 0. The van der Waals surface area contributed by atoms with Gasteiger partial charge in [0.2, 0.25) is 0 Å². The molecule has 1 heterocycles. The van der Waals surface area contributed by atoms with Gasteiger partial charge < -0.3 is 5.32 Å². The van der Waals surface area contributed by atoms with Gasteiger partial charge in [0.1, 0.15) is 0 Å². The quantitative estimate of drug-likeness (QED) is 0.740. The van der Waals surface area contributed by atoms with Crippen LogP contribution in [0.4, 0.5) is 5.69 Å². The average Bonchev–Trinajstić information content (AvgIpc) is 3.03. The van der Waals surface area contributed by atoms with Gasteiger partial charge in [-0.15, -0.1) is 0 Å². The third-order valence-electron chi connectivity index (χ3n) is 4.62. The van der Waals surface area contributed by atoms with Crippen molar-refractivity contribution in [3.05, 3.63) is 59.7 Å². The van der Waals surface area contributed by atoms with E-state index in [0.29, 0.717) is 11.3 Å². The van der Waals surface area contributed by atoms with Crippen molar-refractivity contribution in [3.8, 4) is 0 Å². The third-order valence-corrected chi connectivity index (χ3v) is 8.81. The van der Waals surface area contributed by atoms with Crippen LogP contribution in [0.3, 0.4) is 0 Å². The van der Waals surface area contributed by atoms with Crippen LogP contribution in [0.25, 0.3) is 0 Å². The molecule has 1 N–H and O–H groups in total. The van der Waals surface area contributed by atoms with Crippen molar-refractivity contribution in [1.82, 2.24) is 0 Å².